The summed E-state index contributed by atoms with van der Waals surface area (Å²) in [6, 6.07) is 5.77. The molecule has 2 aliphatic heterocycles. The summed E-state index contributed by atoms with van der Waals surface area (Å²) in [6.07, 6.45) is -0.249. The molecule has 0 bridgehead atoms. The SMILES string of the molecule is c1cc2c(cc1C1OCCO1)OCCO2. The highest BCUT2D eigenvalue weighted by Gasteiger charge is 2.21. The molecule has 4 heteroatoms. The lowest BCUT2D eigenvalue weighted by atomic mass is 10.2. The minimum Gasteiger partial charge on any atom is -0.486 e. The predicted molar refractivity (Wildman–Crippen MR) is 52.1 cm³/mol. The Labute approximate surface area is 87.7 Å². The minimum atomic E-state index is -0.249. The van der Waals surface area contributed by atoms with E-state index in [2.05, 4.69) is 0 Å². The molecule has 0 atom stereocenters. The molecule has 2 heterocycles. The summed E-state index contributed by atoms with van der Waals surface area (Å²) in [5.41, 5.74) is 0.983. The number of ether oxygens (including phenoxy) is 4. The Morgan fingerprint density at radius 2 is 1.60 bits per heavy atom. The molecule has 0 unspecified atom stereocenters. The summed E-state index contributed by atoms with van der Waals surface area (Å²) in [4.78, 5) is 0. The maximum absolute atomic E-state index is 5.49. The highest BCUT2D eigenvalue weighted by molar-refractivity contribution is 5.44. The molecule has 1 aromatic carbocycles. The van der Waals surface area contributed by atoms with Crippen LogP contribution >= 0.6 is 0 Å². The topological polar surface area (TPSA) is 36.9 Å². The van der Waals surface area contributed by atoms with Gasteiger partial charge in [0.25, 0.3) is 0 Å². The van der Waals surface area contributed by atoms with Gasteiger partial charge in [0.1, 0.15) is 13.2 Å². The van der Waals surface area contributed by atoms with E-state index in [4.69, 9.17) is 18.9 Å². The van der Waals surface area contributed by atoms with Crippen molar-refractivity contribution in [3.8, 4) is 11.5 Å². The molecule has 0 amide bonds. The van der Waals surface area contributed by atoms with Crippen molar-refractivity contribution in [1.82, 2.24) is 0 Å². The van der Waals surface area contributed by atoms with E-state index in [1.807, 2.05) is 18.2 Å². The second kappa shape index (κ2) is 3.72. The van der Waals surface area contributed by atoms with E-state index in [0.29, 0.717) is 26.4 Å². The second-order valence-corrected chi connectivity index (χ2v) is 3.48. The molecular formula is C11H12O4. The van der Waals surface area contributed by atoms with E-state index in [-0.39, 0.29) is 6.29 Å². The first-order chi connectivity index (χ1) is 7.43. The van der Waals surface area contributed by atoms with Crippen molar-refractivity contribution in [3.05, 3.63) is 23.8 Å². The van der Waals surface area contributed by atoms with E-state index in [1.54, 1.807) is 0 Å². The zero-order valence-electron chi connectivity index (χ0n) is 8.27. The van der Waals surface area contributed by atoms with E-state index in [9.17, 15) is 0 Å². The Morgan fingerprint density at radius 3 is 2.40 bits per heavy atom. The number of rotatable bonds is 1. The van der Waals surface area contributed by atoms with Gasteiger partial charge < -0.3 is 18.9 Å². The molecule has 1 fully saturated rings. The van der Waals surface area contributed by atoms with Crippen LogP contribution in [0.2, 0.25) is 0 Å². The van der Waals surface area contributed by atoms with Gasteiger partial charge in [0.15, 0.2) is 17.8 Å². The molecule has 0 spiro atoms. The summed E-state index contributed by atoms with van der Waals surface area (Å²) in [5, 5.41) is 0. The summed E-state index contributed by atoms with van der Waals surface area (Å²) in [7, 11) is 0. The lowest BCUT2D eigenvalue weighted by Crippen LogP contribution is -2.15. The largest absolute Gasteiger partial charge is 0.486 e. The molecule has 0 aliphatic carbocycles. The Bertz CT molecular complexity index is 358. The predicted octanol–water partition coefficient (Wildman–Crippen LogP) is 1.50. The summed E-state index contributed by atoms with van der Waals surface area (Å²) < 4.78 is 21.7. The molecule has 1 saturated heterocycles. The molecule has 0 radical (unpaired) electrons. The fourth-order valence-electron chi connectivity index (χ4n) is 1.76. The van der Waals surface area contributed by atoms with Gasteiger partial charge in [-0.05, 0) is 12.1 Å². The van der Waals surface area contributed by atoms with Crippen LogP contribution in [0, 0.1) is 0 Å². The van der Waals surface area contributed by atoms with Crippen LogP contribution in [0.4, 0.5) is 0 Å². The van der Waals surface area contributed by atoms with E-state index in [0.717, 1.165) is 17.1 Å². The van der Waals surface area contributed by atoms with Gasteiger partial charge in [-0.25, -0.2) is 0 Å². The molecule has 15 heavy (non-hydrogen) atoms. The van der Waals surface area contributed by atoms with Crippen LogP contribution in [0.3, 0.4) is 0 Å². The van der Waals surface area contributed by atoms with Gasteiger partial charge in [0.2, 0.25) is 0 Å². The van der Waals surface area contributed by atoms with Crippen molar-refractivity contribution >= 4 is 0 Å². The third kappa shape index (κ3) is 1.66. The second-order valence-electron chi connectivity index (χ2n) is 3.48. The van der Waals surface area contributed by atoms with Crippen molar-refractivity contribution < 1.29 is 18.9 Å². The Balaban J connectivity index is 1.89. The summed E-state index contributed by atoms with van der Waals surface area (Å²) >= 11 is 0. The van der Waals surface area contributed by atoms with Crippen molar-refractivity contribution in [1.29, 1.82) is 0 Å². The molecule has 0 N–H and O–H groups in total. The first-order valence-electron chi connectivity index (χ1n) is 5.06. The molecule has 0 aromatic heterocycles. The average Bonchev–Trinajstić information content (AvgIpc) is 2.82. The molecule has 4 nitrogen and oxygen atoms in total. The number of fused-ring (bicyclic) bond motifs is 1. The third-order valence-corrected chi connectivity index (χ3v) is 2.46. The molecule has 1 aromatic rings. The van der Waals surface area contributed by atoms with Crippen LogP contribution in [0.15, 0.2) is 18.2 Å². The van der Waals surface area contributed by atoms with Crippen LogP contribution in [-0.4, -0.2) is 26.4 Å². The third-order valence-electron chi connectivity index (χ3n) is 2.46. The highest BCUT2D eigenvalue weighted by Crippen LogP contribution is 2.34. The zero-order chi connectivity index (χ0) is 10.1. The van der Waals surface area contributed by atoms with Gasteiger partial charge in [-0.3, -0.25) is 0 Å². The molecule has 0 saturated carbocycles. The molecular weight excluding hydrogens is 196 g/mol. The average molecular weight is 208 g/mol. The van der Waals surface area contributed by atoms with Gasteiger partial charge >= 0.3 is 0 Å². The van der Waals surface area contributed by atoms with Crippen LogP contribution in [0.1, 0.15) is 11.9 Å². The lowest BCUT2D eigenvalue weighted by molar-refractivity contribution is -0.0443. The summed E-state index contributed by atoms with van der Waals surface area (Å²) in [6.45, 7) is 2.52. The highest BCUT2D eigenvalue weighted by atomic mass is 16.7. The van der Waals surface area contributed by atoms with Gasteiger partial charge in [0.05, 0.1) is 13.2 Å². The van der Waals surface area contributed by atoms with Gasteiger partial charge in [-0.15, -0.1) is 0 Å². The molecule has 3 rings (SSSR count). The maximum atomic E-state index is 5.49. The molecule has 2 aliphatic rings. The fraction of sp³-hybridized carbons (Fsp3) is 0.455. The lowest BCUT2D eigenvalue weighted by Gasteiger charge is -2.19. The Hall–Kier alpha value is -1.26. The van der Waals surface area contributed by atoms with Crippen molar-refractivity contribution in [2.24, 2.45) is 0 Å². The van der Waals surface area contributed by atoms with E-state index in [1.165, 1.54) is 0 Å². The van der Waals surface area contributed by atoms with Crippen LogP contribution in [0.5, 0.6) is 11.5 Å². The van der Waals surface area contributed by atoms with Gasteiger partial charge in [-0.1, -0.05) is 6.07 Å². The first-order valence-corrected chi connectivity index (χ1v) is 5.06. The normalized spacial score (nSPS) is 20.5. The molecule has 80 valence electrons. The van der Waals surface area contributed by atoms with Crippen LogP contribution in [0.25, 0.3) is 0 Å². The fourth-order valence-corrected chi connectivity index (χ4v) is 1.76. The number of hydrogen-bond acceptors (Lipinski definition) is 4. The van der Waals surface area contributed by atoms with Crippen molar-refractivity contribution in [3.63, 3.8) is 0 Å². The quantitative estimate of drug-likeness (QED) is 0.701. The Kier molecular flexibility index (Phi) is 2.23. The monoisotopic (exact) mass is 208 g/mol. The van der Waals surface area contributed by atoms with E-state index >= 15 is 0 Å². The van der Waals surface area contributed by atoms with Crippen molar-refractivity contribution in [2.75, 3.05) is 26.4 Å². The first kappa shape index (κ1) is 9.00. The van der Waals surface area contributed by atoms with Crippen LogP contribution < -0.4 is 9.47 Å². The van der Waals surface area contributed by atoms with Gasteiger partial charge in [-0.2, -0.15) is 0 Å². The zero-order valence-corrected chi connectivity index (χ0v) is 8.27. The smallest absolute Gasteiger partial charge is 0.184 e. The van der Waals surface area contributed by atoms with Gasteiger partial charge in [0, 0.05) is 5.56 Å². The van der Waals surface area contributed by atoms with E-state index < -0.39 is 0 Å². The maximum Gasteiger partial charge on any atom is 0.184 e. The number of benzene rings is 1. The minimum absolute atomic E-state index is 0.249. The Morgan fingerprint density at radius 1 is 0.867 bits per heavy atom. The number of hydrogen-bond donors (Lipinski definition) is 0. The van der Waals surface area contributed by atoms with Crippen molar-refractivity contribution in [2.45, 2.75) is 6.29 Å². The summed E-state index contributed by atoms with van der Waals surface area (Å²) in [5.74, 6) is 1.57. The van der Waals surface area contributed by atoms with Crippen LogP contribution in [-0.2, 0) is 9.47 Å². The standard InChI is InChI=1S/C11H12O4/c1-2-9-10(13-4-3-12-9)7-8(1)11-14-5-6-15-11/h1-2,7,11H,3-6H2.